The number of piperidine rings is 1. The summed E-state index contributed by atoms with van der Waals surface area (Å²) in [7, 11) is -3.79. The first-order valence-corrected chi connectivity index (χ1v) is 10.4. The molecule has 1 fully saturated rings. The third-order valence-electron chi connectivity index (χ3n) is 4.80. The quantitative estimate of drug-likeness (QED) is 0.843. The summed E-state index contributed by atoms with van der Waals surface area (Å²) in [5.74, 6) is -0.712. The predicted molar refractivity (Wildman–Crippen MR) is 104 cm³/mol. The van der Waals surface area contributed by atoms with Crippen LogP contribution in [0.1, 0.15) is 29.9 Å². The minimum Gasteiger partial charge on any atom is -0.340 e. The summed E-state index contributed by atoms with van der Waals surface area (Å²) in [4.78, 5) is 29.4. The summed E-state index contributed by atoms with van der Waals surface area (Å²) in [6.07, 6.45) is 1.48. The second kappa shape index (κ2) is 7.44. The molecule has 7 nitrogen and oxygen atoms in total. The van der Waals surface area contributed by atoms with Gasteiger partial charge in [0.1, 0.15) is 11.7 Å². The Morgan fingerprint density at radius 1 is 1.18 bits per heavy atom. The Balaban J connectivity index is 1.87. The van der Waals surface area contributed by atoms with Crippen molar-refractivity contribution in [2.75, 3.05) is 13.1 Å². The molecule has 2 heterocycles. The molecule has 0 unspecified atom stereocenters. The molecule has 0 spiro atoms. The van der Waals surface area contributed by atoms with Gasteiger partial charge in [-0.15, -0.1) is 0 Å². The van der Waals surface area contributed by atoms with Crippen LogP contribution in [-0.2, 0) is 14.8 Å². The molecule has 1 amide bonds. The van der Waals surface area contributed by atoms with Gasteiger partial charge in [0.25, 0.3) is 5.91 Å². The molecule has 1 N–H and O–H groups in total. The Kier molecular flexibility index (Phi) is 5.36. The number of ketones is 1. The number of carbonyl (C=O) groups excluding carboxylic acids is 2. The highest BCUT2D eigenvalue weighted by Gasteiger charge is 2.45. The van der Waals surface area contributed by atoms with E-state index in [-0.39, 0.29) is 29.5 Å². The van der Waals surface area contributed by atoms with Gasteiger partial charge < -0.3 is 5.32 Å². The van der Waals surface area contributed by atoms with Crippen molar-refractivity contribution in [3.8, 4) is 0 Å². The number of carbonyl (C=O) groups is 2. The Morgan fingerprint density at radius 3 is 2.46 bits per heavy atom. The molecule has 0 aliphatic carbocycles. The predicted octanol–water partition coefficient (Wildman–Crippen LogP) is 1.79. The van der Waals surface area contributed by atoms with Gasteiger partial charge in [0, 0.05) is 24.7 Å². The van der Waals surface area contributed by atoms with Gasteiger partial charge in [-0.05, 0) is 31.2 Å². The van der Waals surface area contributed by atoms with Crippen LogP contribution < -0.4 is 5.32 Å². The molecule has 2 aromatic rings. The molecule has 28 heavy (non-hydrogen) atoms. The van der Waals surface area contributed by atoms with E-state index in [1.165, 1.54) is 16.6 Å². The molecular formula is C20H23N3O4S. The van der Waals surface area contributed by atoms with E-state index in [1.54, 1.807) is 50.2 Å². The number of rotatable bonds is 4. The number of nitrogens with zero attached hydrogens (tertiary/aromatic N) is 2. The zero-order valence-electron chi connectivity index (χ0n) is 16.0. The number of Topliss-reactive ketones (excluding diaryl/α,β-unsaturated/α-hetero) is 1. The zero-order valence-corrected chi connectivity index (χ0v) is 16.9. The molecule has 8 heteroatoms. The molecular weight excluding hydrogens is 378 g/mol. The number of hydrogen-bond donors (Lipinski definition) is 1. The standard InChI is InChI=1S/C20H23N3O4S/c1-14-7-9-15(10-8-14)28(26,27)23-12-17(18(24)20(2,3)13-23)22-19(25)16-6-4-5-11-21-16/h4-11,17H,12-13H2,1-3H3,(H,22,25)/t17-/m1/s1. The normalized spacial score (nSPS) is 20.0. The Morgan fingerprint density at radius 2 is 1.86 bits per heavy atom. The fourth-order valence-electron chi connectivity index (χ4n) is 3.22. The first-order valence-electron chi connectivity index (χ1n) is 8.94. The van der Waals surface area contributed by atoms with E-state index >= 15 is 0 Å². The largest absolute Gasteiger partial charge is 0.340 e. The van der Waals surface area contributed by atoms with Gasteiger partial charge in [-0.25, -0.2) is 8.42 Å². The van der Waals surface area contributed by atoms with Crippen molar-refractivity contribution in [2.24, 2.45) is 5.41 Å². The van der Waals surface area contributed by atoms with E-state index in [0.717, 1.165) is 5.56 Å². The number of hydrogen-bond acceptors (Lipinski definition) is 5. The SMILES string of the molecule is Cc1ccc(S(=O)(=O)N2C[C@@H](NC(=O)c3ccccn3)C(=O)C(C)(C)C2)cc1. The summed E-state index contributed by atoms with van der Waals surface area (Å²) >= 11 is 0. The summed E-state index contributed by atoms with van der Waals surface area (Å²) in [5.41, 5.74) is 0.193. The van der Waals surface area contributed by atoms with Crippen LogP contribution in [0, 0.1) is 12.3 Å². The molecule has 1 aliphatic rings. The van der Waals surface area contributed by atoms with Crippen LogP contribution >= 0.6 is 0 Å². The van der Waals surface area contributed by atoms with Crippen molar-refractivity contribution >= 4 is 21.7 Å². The van der Waals surface area contributed by atoms with Crippen LogP contribution in [-0.4, -0.2) is 48.5 Å². The van der Waals surface area contributed by atoms with E-state index in [1.807, 2.05) is 6.92 Å². The van der Waals surface area contributed by atoms with Crippen molar-refractivity contribution in [3.05, 3.63) is 59.9 Å². The highest BCUT2D eigenvalue weighted by molar-refractivity contribution is 7.89. The molecule has 1 atom stereocenters. The summed E-state index contributed by atoms with van der Waals surface area (Å²) in [6.45, 7) is 5.19. The van der Waals surface area contributed by atoms with E-state index in [4.69, 9.17) is 0 Å². The highest BCUT2D eigenvalue weighted by atomic mass is 32.2. The van der Waals surface area contributed by atoms with Gasteiger partial charge in [0.15, 0.2) is 5.78 Å². The van der Waals surface area contributed by atoms with Crippen LogP contribution in [0.15, 0.2) is 53.6 Å². The van der Waals surface area contributed by atoms with Gasteiger partial charge in [0.2, 0.25) is 10.0 Å². The smallest absolute Gasteiger partial charge is 0.270 e. The van der Waals surface area contributed by atoms with Crippen LogP contribution in [0.3, 0.4) is 0 Å². The number of sulfonamides is 1. The fraction of sp³-hybridized carbons (Fsp3) is 0.350. The highest BCUT2D eigenvalue weighted by Crippen LogP contribution is 2.30. The number of amides is 1. The lowest BCUT2D eigenvalue weighted by atomic mass is 9.81. The van der Waals surface area contributed by atoms with E-state index in [9.17, 15) is 18.0 Å². The minimum absolute atomic E-state index is 0.0536. The van der Waals surface area contributed by atoms with Gasteiger partial charge in [-0.3, -0.25) is 14.6 Å². The van der Waals surface area contributed by atoms with Crippen molar-refractivity contribution in [1.82, 2.24) is 14.6 Å². The number of benzene rings is 1. The van der Waals surface area contributed by atoms with E-state index < -0.39 is 27.4 Å². The molecule has 3 rings (SSSR count). The van der Waals surface area contributed by atoms with Gasteiger partial charge in [-0.2, -0.15) is 4.31 Å². The first kappa shape index (κ1) is 20.2. The number of aryl methyl sites for hydroxylation is 1. The molecule has 1 aromatic carbocycles. The first-order chi connectivity index (χ1) is 13.1. The van der Waals surface area contributed by atoms with Gasteiger partial charge in [-0.1, -0.05) is 37.6 Å². The Labute approximate surface area is 164 Å². The maximum atomic E-state index is 13.1. The monoisotopic (exact) mass is 401 g/mol. The van der Waals surface area contributed by atoms with E-state index in [0.29, 0.717) is 0 Å². The van der Waals surface area contributed by atoms with Gasteiger partial charge >= 0.3 is 0 Å². The second-order valence-corrected chi connectivity index (χ2v) is 9.54. The van der Waals surface area contributed by atoms with Crippen molar-refractivity contribution in [3.63, 3.8) is 0 Å². The molecule has 1 saturated heterocycles. The van der Waals surface area contributed by atoms with Crippen molar-refractivity contribution in [2.45, 2.75) is 31.7 Å². The average molecular weight is 401 g/mol. The summed E-state index contributed by atoms with van der Waals surface area (Å²) in [6, 6.07) is 10.5. The van der Waals surface area contributed by atoms with Crippen molar-refractivity contribution in [1.29, 1.82) is 0 Å². The van der Waals surface area contributed by atoms with Gasteiger partial charge in [0.05, 0.1) is 4.90 Å². The van der Waals surface area contributed by atoms with Crippen LogP contribution in [0.2, 0.25) is 0 Å². The lowest BCUT2D eigenvalue weighted by Gasteiger charge is -2.40. The van der Waals surface area contributed by atoms with Crippen molar-refractivity contribution < 1.29 is 18.0 Å². The Hall–Kier alpha value is -2.58. The number of nitrogens with one attached hydrogen (secondary N) is 1. The fourth-order valence-corrected chi connectivity index (χ4v) is 4.84. The van der Waals surface area contributed by atoms with Crippen LogP contribution in [0.5, 0.6) is 0 Å². The van der Waals surface area contributed by atoms with E-state index in [2.05, 4.69) is 10.3 Å². The zero-order chi connectivity index (χ0) is 20.5. The number of pyridine rings is 1. The third-order valence-corrected chi connectivity index (χ3v) is 6.63. The second-order valence-electron chi connectivity index (χ2n) is 7.60. The average Bonchev–Trinajstić information content (AvgIpc) is 2.66. The maximum Gasteiger partial charge on any atom is 0.270 e. The molecule has 0 bridgehead atoms. The lowest BCUT2D eigenvalue weighted by Crippen LogP contribution is -2.61. The van der Waals surface area contributed by atoms with Crippen LogP contribution in [0.4, 0.5) is 0 Å². The summed E-state index contributed by atoms with van der Waals surface area (Å²) < 4.78 is 27.4. The molecule has 0 radical (unpaired) electrons. The molecule has 1 aliphatic heterocycles. The lowest BCUT2D eigenvalue weighted by molar-refractivity contribution is -0.132. The molecule has 148 valence electrons. The number of aromatic nitrogens is 1. The summed E-state index contributed by atoms with van der Waals surface area (Å²) in [5, 5.41) is 2.65. The van der Waals surface area contributed by atoms with Crippen LogP contribution in [0.25, 0.3) is 0 Å². The maximum absolute atomic E-state index is 13.1. The third kappa shape index (κ3) is 3.98. The molecule has 1 aromatic heterocycles. The Bertz CT molecular complexity index is 986. The molecule has 0 saturated carbocycles. The topological polar surface area (TPSA) is 96.4 Å². The minimum atomic E-state index is -3.79.